The number of ether oxygens (including phenoxy) is 2. The summed E-state index contributed by atoms with van der Waals surface area (Å²) in [7, 11) is 0. The minimum atomic E-state index is -0.0246. The van der Waals surface area contributed by atoms with E-state index in [4.69, 9.17) is 9.47 Å². The number of hydrogen-bond acceptors (Lipinski definition) is 3. The lowest BCUT2D eigenvalue weighted by Crippen LogP contribution is -2.32. The van der Waals surface area contributed by atoms with E-state index in [1.165, 1.54) is 18.4 Å². The smallest absolute Gasteiger partial charge is 0.251 e. The number of rotatable bonds is 8. The van der Waals surface area contributed by atoms with Crippen molar-refractivity contribution in [1.29, 1.82) is 0 Å². The van der Waals surface area contributed by atoms with Crippen LogP contribution < -0.4 is 14.8 Å². The van der Waals surface area contributed by atoms with Gasteiger partial charge in [0, 0.05) is 17.2 Å². The van der Waals surface area contributed by atoms with E-state index in [0.29, 0.717) is 24.8 Å². The molecule has 0 aliphatic heterocycles. The maximum absolute atomic E-state index is 12.7. The van der Waals surface area contributed by atoms with Crippen LogP contribution in [0.4, 0.5) is 0 Å². The average Bonchev–Trinajstić information content (AvgIpc) is 3.32. The molecule has 0 heterocycles. The third-order valence-electron chi connectivity index (χ3n) is 5.67. The Morgan fingerprint density at radius 3 is 2.32 bits per heavy atom. The summed E-state index contributed by atoms with van der Waals surface area (Å²) in [5, 5.41) is 3.15. The Kier molecular flexibility index (Phi) is 6.88. The van der Waals surface area contributed by atoms with Crippen molar-refractivity contribution in [3.63, 3.8) is 0 Å². The molecule has 4 rings (SSSR count). The summed E-state index contributed by atoms with van der Waals surface area (Å²) >= 11 is 0. The fourth-order valence-corrected chi connectivity index (χ4v) is 4.00. The van der Waals surface area contributed by atoms with Gasteiger partial charge in [0.15, 0.2) is 0 Å². The molecule has 1 aliphatic rings. The summed E-state index contributed by atoms with van der Waals surface area (Å²) in [6, 6.07) is 24.2. The van der Waals surface area contributed by atoms with E-state index < -0.39 is 0 Å². The van der Waals surface area contributed by atoms with Gasteiger partial charge in [-0.3, -0.25) is 4.79 Å². The maximum atomic E-state index is 12.7. The van der Waals surface area contributed by atoms with Crippen molar-refractivity contribution in [1.82, 2.24) is 5.32 Å². The Hall–Kier alpha value is -3.27. The lowest BCUT2D eigenvalue weighted by molar-refractivity contribution is 0.0937. The fraction of sp³-hybridized carbons (Fsp3) is 0.296. The normalized spacial score (nSPS) is 13.7. The van der Waals surface area contributed by atoms with E-state index in [9.17, 15) is 4.79 Å². The molecule has 0 saturated heterocycles. The highest BCUT2D eigenvalue weighted by Crippen LogP contribution is 2.26. The van der Waals surface area contributed by atoms with Crippen molar-refractivity contribution in [3.05, 3.63) is 83.9 Å². The molecule has 0 bridgehead atoms. The van der Waals surface area contributed by atoms with Crippen LogP contribution in [0.5, 0.6) is 11.5 Å². The van der Waals surface area contributed by atoms with Crippen molar-refractivity contribution in [2.24, 2.45) is 0 Å². The molecule has 0 radical (unpaired) electrons. The number of nitrogens with one attached hydrogen (secondary N) is 1. The van der Waals surface area contributed by atoms with Gasteiger partial charge < -0.3 is 14.8 Å². The minimum absolute atomic E-state index is 0.0246. The molecule has 1 amide bonds. The summed E-state index contributed by atoms with van der Waals surface area (Å²) < 4.78 is 11.8. The molecule has 4 nitrogen and oxygen atoms in total. The van der Waals surface area contributed by atoms with Crippen molar-refractivity contribution >= 4 is 5.91 Å². The molecule has 0 atom stereocenters. The van der Waals surface area contributed by atoms with Crippen LogP contribution in [-0.2, 0) is 6.61 Å². The molecular weight excluding hydrogens is 386 g/mol. The van der Waals surface area contributed by atoms with Crippen LogP contribution >= 0.6 is 0 Å². The van der Waals surface area contributed by atoms with Gasteiger partial charge in [-0.25, -0.2) is 0 Å². The second kappa shape index (κ2) is 10.2. The van der Waals surface area contributed by atoms with E-state index in [2.05, 4.69) is 29.6 Å². The molecule has 1 N–H and O–H groups in total. The van der Waals surface area contributed by atoms with Crippen LogP contribution in [0.25, 0.3) is 11.1 Å². The summed E-state index contributed by atoms with van der Waals surface area (Å²) in [5.74, 6) is 1.51. The van der Waals surface area contributed by atoms with Crippen LogP contribution in [0.1, 0.15) is 48.5 Å². The van der Waals surface area contributed by atoms with Gasteiger partial charge in [0.05, 0.1) is 6.61 Å². The fourth-order valence-electron chi connectivity index (χ4n) is 4.00. The minimum Gasteiger partial charge on any atom is -0.493 e. The van der Waals surface area contributed by atoms with Crippen LogP contribution in [0.2, 0.25) is 0 Å². The Morgan fingerprint density at radius 2 is 1.61 bits per heavy atom. The molecular formula is C27H29NO3. The molecule has 3 aromatic carbocycles. The molecule has 4 heteroatoms. The first-order valence-corrected chi connectivity index (χ1v) is 11.1. The summed E-state index contributed by atoms with van der Waals surface area (Å²) in [6.07, 6.45) is 4.52. The van der Waals surface area contributed by atoms with Crippen molar-refractivity contribution in [2.75, 3.05) is 6.61 Å². The first-order valence-electron chi connectivity index (χ1n) is 11.1. The monoisotopic (exact) mass is 415 g/mol. The van der Waals surface area contributed by atoms with Crippen molar-refractivity contribution in [3.8, 4) is 22.6 Å². The second-order valence-corrected chi connectivity index (χ2v) is 7.89. The Bertz CT molecular complexity index is 993. The van der Waals surface area contributed by atoms with Crippen molar-refractivity contribution < 1.29 is 14.3 Å². The second-order valence-electron chi connectivity index (χ2n) is 7.89. The zero-order chi connectivity index (χ0) is 21.5. The third kappa shape index (κ3) is 5.46. The predicted octanol–water partition coefficient (Wildman–Crippen LogP) is 6.00. The summed E-state index contributed by atoms with van der Waals surface area (Å²) in [6.45, 7) is 2.85. The lowest BCUT2D eigenvalue weighted by Gasteiger charge is -2.15. The molecule has 1 fully saturated rings. The Labute approximate surface area is 184 Å². The molecule has 0 unspecified atom stereocenters. The van der Waals surface area contributed by atoms with E-state index in [0.717, 1.165) is 35.5 Å². The summed E-state index contributed by atoms with van der Waals surface area (Å²) in [4.78, 5) is 12.7. The molecule has 160 valence electrons. The van der Waals surface area contributed by atoms with Crippen LogP contribution in [-0.4, -0.2) is 18.6 Å². The molecule has 1 aliphatic carbocycles. The third-order valence-corrected chi connectivity index (χ3v) is 5.67. The zero-order valence-corrected chi connectivity index (χ0v) is 18.0. The predicted molar refractivity (Wildman–Crippen MR) is 124 cm³/mol. The molecule has 31 heavy (non-hydrogen) atoms. The van der Waals surface area contributed by atoms with Gasteiger partial charge in [0.25, 0.3) is 5.91 Å². The topological polar surface area (TPSA) is 47.6 Å². The molecule has 0 aromatic heterocycles. The number of carbonyl (C=O) groups excluding carboxylic acids is 1. The molecule has 1 saturated carbocycles. The van der Waals surface area contributed by atoms with E-state index in [1.54, 1.807) is 0 Å². The highest BCUT2D eigenvalue weighted by Gasteiger charge is 2.19. The van der Waals surface area contributed by atoms with Crippen LogP contribution in [0, 0.1) is 0 Å². The van der Waals surface area contributed by atoms with Crippen molar-refractivity contribution in [2.45, 2.75) is 45.3 Å². The highest BCUT2D eigenvalue weighted by atomic mass is 16.5. The lowest BCUT2D eigenvalue weighted by atomic mass is 10.1. The molecule has 0 spiro atoms. The summed E-state index contributed by atoms with van der Waals surface area (Å²) in [5.41, 5.74) is 3.84. The van der Waals surface area contributed by atoms with Gasteiger partial charge in [0.2, 0.25) is 0 Å². The average molecular weight is 416 g/mol. The van der Waals surface area contributed by atoms with Gasteiger partial charge >= 0.3 is 0 Å². The Balaban J connectivity index is 1.45. The van der Waals surface area contributed by atoms with E-state index in [1.807, 2.05) is 55.5 Å². The van der Waals surface area contributed by atoms with E-state index >= 15 is 0 Å². The van der Waals surface area contributed by atoms with Gasteiger partial charge in [-0.05, 0) is 61.2 Å². The number of benzene rings is 3. The number of hydrogen-bond donors (Lipinski definition) is 1. The van der Waals surface area contributed by atoms with Gasteiger partial charge in [-0.15, -0.1) is 0 Å². The largest absolute Gasteiger partial charge is 0.493 e. The molecule has 3 aromatic rings. The number of carbonyl (C=O) groups is 1. The number of amides is 1. The quantitative estimate of drug-likeness (QED) is 0.490. The first-order chi connectivity index (χ1) is 15.2. The highest BCUT2D eigenvalue weighted by molar-refractivity contribution is 5.94. The SMILES string of the molecule is CCOc1ccc(C(=O)NC2CCCC2)cc1COc1ccc(-c2ccccc2)cc1. The zero-order valence-electron chi connectivity index (χ0n) is 18.0. The van der Waals surface area contributed by atoms with Gasteiger partial charge in [-0.1, -0.05) is 55.3 Å². The van der Waals surface area contributed by atoms with E-state index in [-0.39, 0.29) is 5.91 Å². The van der Waals surface area contributed by atoms with Crippen LogP contribution in [0.15, 0.2) is 72.8 Å². The standard InChI is InChI=1S/C27H29NO3/c1-2-30-26-17-14-22(27(29)28-24-10-6-7-11-24)18-23(26)19-31-25-15-12-21(13-16-25)20-8-4-3-5-9-20/h3-5,8-9,12-18,24H,2,6-7,10-11,19H2,1H3,(H,28,29). The van der Waals surface area contributed by atoms with Gasteiger partial charge in [-0.2, -0.15) is 0 Å². The van der Waals surface area contributed by atoms with Crippen LogP contribution in [0.3, 0.4) is 0 Å². The first kappa shape index (κ1) is 21.0. The maximum Gasteiger partial charge on any atom is 0.251 e. The Morgan fingerprint density at radius 1 is 0.903 bits per heavy atom. The van der Waals surface area contributed by atoms with Gasteiger partial charge in [0.1, 0.15) is 18.1 Å².